The van der Waals surface area contributed by atoms with Gasteiger partial charge in [0, 0.05) is 16.9 Å². The Bertz CT molecular complexity index is 356. The van der Waals surface area contributed by atoms with Crippen molar-refractivity contribution in [3.63, 3.8) is 0 Å². The molecule has 3 nitrogen and oxygen atoms in total. The van der Waals surface area contributed by atoms with E-state index in [1.807, 2.05) is 20.8 Å². The molecule has 0 spiro atoms. The first-order valence-electron chi connectivity index (χ1n) is 4.09. The van der Waals surface area contributed by atoms with E-state index in [-0.39, 0.29) is 23.3 Å². The van der Waals surface area contributed by atoms with Crippen LogP contribution in [0.15, 0.2) is 16.2 Å². The molecule has 0 aromatic carbocycles. The Labute approximate surface area is 81.2 Å². The Hall–Kier alpha value is -0.900. The lowest BCUT2D eigenvalue weighted by Gasteiger charge is -2.15. The lowest BCUT2D eigenvalue weighted by molar-refractivity contribution is -0.126. The quantitative estimate of drug-likeness (QED) is 0.724. The summed E-state index contributed by atoms with van der Waals surface area (Å²) in [7, 11) is 0. The number of hydrogen-bond acceptors (Lipinski definition) is 3. The molecule has 0 aliphatic rings. The molecule has 0 atom stereocenters. The Kier molecular flexibility index (Phi) is 2.71. The van der Waals surface area contributed by atoms with E-state index >= 15 is 0 Å². The van der Waals surface area contributed by atoms with E-state index in [9.17, 15) is 9.59 Å². The zero-order valence-corrected chi connectivity index (χ0v) is 8.85. The molecular formula is C9H13NO2S. The van der Waals surface area contributed by atoms with Crippen LogP contribution >= 0.6 is 11.5 Å². The molecule has 0 aliphatic carbocycles. The predicted octanol–water partition coefficient (Wildman–Crippen LogP) is 1.52. The monoisotopic (exact) mass is 199 g/mol. The second-order valence-electron chi connectivity index (χ2n) is 3.96. The highest BCUT2D eigenvalue weighted by Crippen LogP contribution is 2.15. The summed E-state index contributed by atoms with van der Waals surface area (Å²) in [5.74, 6) is 0.0806. The summed E-state index contributed by atoms with van der Waals surface area (Å²) >= 11 is 1.28. The lowest BCUT2D eigenvalue weighted by atomic mass is 9.91. The van der Waals surface area contributed by atoms with Gasteiger partial charge < -0.3 is 0 Å². The molecule has 1 rings (SSSR count). The maximum absolute atomic E-state index is 11.5. The molecule has 1 aromatic heterocycles. The van der Waals surface area contributed by atoms with Crippen LogP contribution in [0.1, 0.15) is 20.8 Å². The van der Waals surface area contributed by atoms with Crippen LogP contribution < -0.4 is 5.56 Å². The maximum Gasteiger partial charge on any atom is 0.260 e. The average Bonchev–Trinajstić information content (AvgIpc) is 2.34. The summed E-state index contributed by atoms with van der Waals surface area (Å²) in [6.45, 7) is 5.76. The topological polar surface area (TPSA) is 39.1 Å². The SMILES string of the molecule is CC(C)(C)C(=O)Cn1sccc1=O. The minimum atomic E-state index is -0.372. The number of Topliss-reactive ketones (excluding diaryl/α,β-unsaturated/α-hetero) is 1. The molecule has 0 bridgehead atoms. The Morgan fingerprint density at radius 2 is 2.15 bits per heavy atom. The smallest absolute Gasteiger partial charge is 0.260 e. The van der Waals surface area contributed by atoms with Crippen LogP contribution in [0, 0.1) is 5.41 Å². The normalized spacial score (nSPS) is 11.6. The van der Waals surface area contributed by atoms with Gasteiger partial charge >= 0.3 is 0 Å². The van der Waals surface area contributed by atoms with Gasteiger partial charge in [0.25, 0.3) is 5.56 Å². The van der Waals surface area contributed by atoms with Gasteiger partial charge in [-0.05, 0) is 0 Å². The zero-order valence-electron chi connectivity index (χ0n) is 8.03. The molecule has 4 heteroatoms. The van der Waals surface area contributed by atoms with Crippen LogP contribution in [0.4, 0.5) is 0 Å². The van der Waals surface area contributed by atoms with Gasteiger partial charge in [0.05, 0.1) is 6.54 Å². The number of aromatic nitrogens is 1. The number of nitrogens with zero attached hydrogens (tertiary/aromatic N) is 1. The van der Waals surface area contributed by atoms with Crippen molar-refractivity contribution in [2.24, 2.45) is 5.41 Å². The van der Waals surface area contributed by atoms with Gasteiger partial charge in [-0.1, -0.05) is 32.3 Å². The highest BCUT2D eigenvalue weighted by atomic mass is 32.1. The van der Waals surface area contributed by atoms with Gasteiger partial charge in [-0.15, -0.1) is 0 Å². The van der Waals surface area contributed by atoms with Crippen LogP contribution in [0.25, 0.3) is 0 Å². The standard InChI is InChI=1S/C9H13NO2S/c1-9(2,3)7(11)6-10-8(12)4-5-13-10/h4-5H,6H2,1-3H3. The summed E-state index contributed by atoms with van der Waals surface area (Å²) in [5, 5.41) is 1.69. The summed E-state index contributed by atoms with van der Waals surface area (Å²) in [4.78, 5) is 22.6. The summed E-state index contributed by atoms with van der Waals surface area (Å²) in [6.07, 6.45) is 0. The molecular weight excluding hydrogens is 186 g/mol. The predicted molar refractivity (Wildman–Crippen MR) is 53.0 cm³/mol. The number of carbonyl (C=O) groups is 1. The highest BCUT2D eigenvalue weighted by Gasteiger charge is 2.21. The largest absolute Gasteiger partial charge is 0.297 e. The van der Waals surface area contributed by atoms with Gasteiger partial charge in [-0.2, -0.15) is 0 Å². The molecule has 1 aromatic rings. The third kappa shape index (κ3) is 2.52. The molecule has 0 unspecified atom stereocenters. The van der Waals surface area contributed by atoms with E-state index in [1.54, 1.807) is 5.38 Å². The minimum Gasteiger partial charge on any atom is -0.297 e. The van der Waals surface area contributed by atoms with Crippen molar-refractivity contribution in [1.82, 2.24) is 3.96 Å². The molecule has 0 amide bonds. The molecule has 13 heavy (non-hydrogen) atoms. The van der Waals surface area contributed by atoms with Crippen molar-refractivity contribution < 1.29 is 4.79 Å². The van der Waals surface area contributed by atoms with Crippen LogP contribution in [-0.2, 0) is 11.3 Å². The molecule has 0 radical (unpaired) electrons. The van der Waals surface area contributed by atoms with Crippen LogP contribution in [0.3, 0.4) is 0 Å². The minimum absolute atomic E-state index is 0.0806. The van der Waals surface area contributed by atoms with Crippen molar-refractivity contribution in [1.29, 1.82) is 0 Å². The lowest BCUT2D eigenvalue weighted by Crippen LogP contribution is -2.27. The third-order valence-corrected chi connectivity index (χ3v) is 2.59. The fraction of sp³-hybridized carbons (Fsp3) is 0.556. The molecule has 0 aliphatic heterocycles. The highest BCUT2D eigenvalue weighted by molar-refractivity contribution is 7.04. The van der Waals surface area contributed by atoms with E-state index < -0.39 is 0 Å². The van der Waals surface area contributed by atoms with Gasteiger partial charge in [-0.3, -0.25) is 13.5 Å². The molecule has 0 saturated carbocycles. The van der Waals surface area contributed by atoms with Crippen molar-refractivity contribution in [3.8, 4) is 0 Å². The molecule has 0 fully saturated rings. The van der Waals surface area contributed by atoms with Crippen molar-refractivity contribution in [2.75, 3.05) is 0 Å². The number of rotatable bonds is 2. The number of ketones is 1. The molecule has 0 saturated heterocycles. The second-order valence-corrected chi connectivity index (χ2v) is 4.88. The zero-order chi connectivity index (χ0) is 10.1. The van der Waals surface area contributed by atoms with Gasteiger partial charge in [-0.25, -0.2) is 0 Å². The average molecular weight is 199 g/mol. The number of carbonyl (C=O) groups excluding carboxylic acids is 1. The van der Waals surface area contributed by atoms with E-state index in [2.05, 4.69) is 0 Å². The van der Waals surface area contributed by atoms with Gasteiger partial charge in [0.1, 0.15) is 0 Å². The van der Waals surface area contributed by atoms with E-state index in [0.29, 0.717) is 0 Å². The van der Waals surface area contributed by atoms with E-state index in [1.165, 1.54) is 21.6 Å². The van der Waals surface area contributed by atoms with Gasteiger partial charge in [0.15, 0.2) is 5.78 Å². The summed E-state index contributed by atoms with van der Waals surface area (Å²) in [6, 6.07) is 1.47. The van der Waals surface area contributed by atoms with Crippen LogP contribution in [0.2, 0.25) is 0 Å². The van der Waals surface area contributed by atoms with Crippen LogP contribution in [-0.4, -0.2) is 9.74 Å². The summed E-state index contributed by atoms with van der Waals surface area (Å²) in [5.41, 5.74) is -0.466. The van der Waals surface area contributed by atoms with Crippen LogP contribution in [0.5, 0.6) is 0 Å². The van der Waals surface area contributed by atoms with Crippen molar-refractivity contribution in [2.45, 2.75) is 27.3 Å². The third-order valence-electron chi connectivity index (χ3n) is 1.77. The summed E-state index contributed by atoms with van der Waals surface area (Å²) < 4.78 is 1.47. The molecule has 0 N–H and O–H groups in total. The number of hydrogen-bond donors (Lipinski definition) is 0. The second kappa shape index (κ2) is 3.46. The maximum atomic E-state index is 11.5. The first-order chi connectivity index (χ1) is 5.91. The Morgan fingerprint density at radius 1 is 1.54 bits per heavy atom. The van der Waals surface area contributed by atoms with E-state index in [4.69, 9.17) is 0 Å². The first kappa shape index (κ1) is 10.2. The van der Waals surface area contributed by atoms with Gasteiger partial charge in [0.2, 0.25) is 0 Å². The van der Waals surface area contributed by atoms with E-state index in [0.717, 1.165) is 0 Å². The van der Waals surface area contributed by atoms with Crippen molar-refractivity contribution in [3.05, 3.63) is 21.8 Å². The molecule has 1 heterocycles. The molecule has 72 valence electrons. The Morgan fingerprint density at radius 3 is 2.54 bits per heavy atom. The first-order valence-corrected chi connectivity index (χ1v) is 4.93. The van der Waals surface area contributed by atoms with Crippen molar-refractivity contribution >= 4 is 17.3 Å². The fourth-order valence-corrected chi connectivity index (χ4v) is 1.46. The Balaban J connectivity index is 2.77. The fourth-order valence-electron chi connectivity index (χ4n) is 0.780.